The van der Waals surface area contributed by atoms with Gasteiger partial charge in [0.25, 0.3) is 0 Å². The number of hydrogen-bond donors (Lipinski definition) is 1. The Bertz CT molecular complexity index is 820. The zero-order valence-electron chi connectivity index (χ0n) is 13.6. The molecule has 2 atom stereocenters. The molecule has 1 heterocycles. The van der Waals surface area contributed by atoms with Crippen LogP contribution in [0.4, 0.5) is 0 Å². The molecule has 0 unspecified atom stereocenters. The fourth-order valence-corrected chi connectivity index (χ4v) is 3.17. The Labute approximate surface area is 154 Å². The first kappa shape index (κ1) is 17.4. The van der Waals surface area contributed by atoms with E-state index >= 15 is 0 Å². The van der Waals surface area contributed by atoms with Crippen LogP contribution in [0.3, 0.4) is 0 Å². The minimum absolute atomic E-state index is 0.211. The molecule has 0 saturated heterocycles. The summed E-state index contributed by atoms with van der Waals surface area (Å²) in [5.74, 6) is -1.53. The van der Waals surface area contributed by atoms with E-state index < -0.39 is 23.8 Å². The maximum absolute atomic E-state index is 12.7. The van der Waals surface area contributed by atoms with Gasteiger partial charge < -0.3 is 10.1 Å². The largest absolute Gasteiger partial charge is 0.465 e. The topological polar surface area (TPSA) is 67.8 Å². The lowest BCUT2D eigenvalue weighted by atomic mass is 9.90. The van der Waals surface area contributed by atoms with Crippen LogP contribution in [0, 0.1) is 5.92 Å². The predicted octanol–water partition coefficient (Wildman–Crippen LogP) is 3.25. The number of aliphatic imine (C=N–C) groups is 1. The fraction of sp³-hybridized carbons (Fsp3) is 0.211. The van der Waals surface area contributed by atoms with Crippen LogP contribution in [-0.4, -0.2) is 24.3 Å². The van der Waals surface area contributed by atoms with Crippen molar-refractivity contribution in [3.8, 4) is 0 Å². The van der Waals surface area contributed by atoms with Crippen molar-refractivity contribution >= 4 is 33.6 Å². The van der Waals surface area contributed by atoms with Crippen LogP contribution in [0.2, 0.25) is 0 Å². The van der Waals surface area contributed by atoms with E-state index in [0.29, 0.717) is 5.84 Å². The number of hydrogen-bond acceptors (Lipinski definition) is 4. The number of carbonyl (C=O) groups excluding carboxylic acids is 2. The van der Waals surface area contributed by atoms with Gasteiger partial charge in [0.1, 0.15) is 5.84 Å². The molecule has 2 aromatic rings. The average molecular weight is 401 g/mol. The van der Waals surface area contributed by atoms with Crippen LogP contribution in [-0.2, 0) is 14.3 Å². The molecule has 1 aliphatic heterocycles. The van der Waals surface area contributed by atoms with Crippen LogP contribution in [0.25, 0.3) is 0 Å². The third-order valence-electron chi connectivity index (χ3n) is 3.89. The quantitative estimate of drug-likeness (QED) is 0.632. The lowest BCUT2D eigenvalue weighted by Crippen LogP contribution is -2.47. The normalized spacial score (nSPS) is 19.8. The van der Waals surface area contributed by atoms with Gasteiger partial charge in [0.15, 0.2) is 5.92 Å². The number of nitrogens with one attached hydrogen (secondary N) is 1. The SMILES string of the molecule is CCOC(=O)[C@H]1C(=O)NC(c2ccccc2)=N[C@H]1c1cccc(Br)c1. The second-order valence-corrected chi connectivity index (χ2v) is 6.48. The van der Waals surface area contributed by atoms with E-state index in [1.165, 1.54) is 0 Å². The van der Waals surface area contributed by atoms with E-state index in [4.69, 9.17) is 4.74 Å². The fourth-order valence-electron chi connectivity index (χ4n) is 2.75. The highest BCUT2D eigenvalue weighted by Crippen LogP contribution is 2.32. The Morgan fingerprint density at radius 2 is 1.96 bits per heavy atom. The van der Waals surface area contributed by atoms with Gasteiger partial charge in [0.05, 0.1) is 12.6 Å². The van der Waals surface area contributed by atoms with E-state index in [1.54, 1.807) is 6.92 Å². The standard InChI is InChI=1S/C19H17BrN2O3/c1-2-25-19(24)15-16(13-9-6-10-14(20)11-13)21-17(22-18(15)23)12-7-4-3-5-8-12/h3-11,15-16H,2H2,1H3,(H,21,22,23)/t15-,16+/m1/s1. The summed E-state index contributed by atoms with van der Waals surface area (Å²) in [6, 6.07) is 16.2. The average Bonchev–Trinajstić information content (AvgIpc) is 2.62. The maximum atomic E-state index is 12.7. The maximum Gasteiger partial charge on any atom is 0.321 e. The molecule has 0 spiro atoms. The summed E-state index contributed by atoms with van der Waals surface area (Å²) in [4.78, 5) is 29.7. The van der Waals surface area contributed by atoms with Gasteiger partial charge in [-0.2, -0.15) is 0 Å². The monoisotopic (exact) mass is 400 g/mol. The summed E-state index contributed by atoms with van der Waals surface area (Å²) in [6.07, 6.45) is 0. The summed E-state index contributed by atoms with van der Waals surface area (Å²) < 4.78 is 5.95. The van der Waals surface area contributed by atoms with E-state index in [0.717, 1.165) is 15.6 Å². The molecule has 128 valence electrons. The van der Waals surface area contributed by atoms with E-state index in [9.17, 15) is 9.59 Å². The highest BCUT2D eigenvalue weighted by Gasteiger charge is 2.41. The zero-order chi connectivity index (χ0) is 17.8. The Morgan fingerprint density at radius 1 is 1.20 bits per heavy atom. The summed E-state index contributed by atoms with van der Waals surface area (Å²) in [5.41, 5.74) is 1.56. The number of halogens is 1. The van der Waals surface area contributed by atoms with Crippen LogP contribution in [0.5, 0.6) is 0 Å². The molecule has 1 aliphatic rings. The Kier molecular flexibility index (Phi) is 5.28. The van der Waals surface area contributed by atoms with Crippen molar-refractivity contribution in [3.63, 3.8) is 0 Å². The lowest BCUT2D eigenvalue weighted by Gasteiger charge is -2.28. The number of benzene rings is 2. The molecule has 1 amide bonds. The predicted molar refractivity (Wildman–Crippen MR) is 98.1 cm³/mol. The van der Waals surface area contributed by atoms with Crippen molar-refractivity contribution < 1.29 is 14.3 Å². The van der Waals surface area contributed by atoms with Gasteiger partial charge in [-0.05, 0) is 24.6 Å². The van der Waals surface area contributed by atoms with Crippen molar-refractivity contribution in [1.29, 1.82) is 0 Å². The zero-order valence-corrected chi connectivity index (χ0v) is 15.2. The molecule has 0 fully saturated rings. The summed E-state index contributed by atoms with van der Waals surface area (Å²) >= 11 is 3.43. The number of amides is 1. The summed E-state index contributed by atoms with van der Waals surface area (Å²) in [5, 5.41) is 2.73. The number of esters is 1. The number of ether oxygens (including phenoxy) is 1. The molecule has 2 aromatic carbocycles. The third-order valence-corrected chi connectivity index (χ3v) is 4.38. The van der Waals surface area contributed by atoms with Gasteiger partial charge >= 0.3 is 5.97 Å². The van der Waals surface area contributed by atoms with Gasteiger partial charge in [-0.1, -0.05) is 58.4 Å². The molecular formula is C19H17BrN2O3. The van der Waals surface area contributed by atoms with Crippen molar-refractivity contribution in [1.82, 2.24) is 5.32 Å². The van der Waals surface area contributed by atoms with Gasteiger partial charge in [0, 0.05) is 10.0 Å². The second kappa shape index (κ2) is 7.61. The number of nitrogens with zero attached hydrogens (tertiary/aromatic N) is 1. The molecule has 0 aromatic heterocycles. The lowest BCUT2D eigenvalue weighted by molar-refractivity contribution is -0.153. The first-order valence-electron chi connectivity index (χ1n) is 7.96. The van der Waals surface area contributed by atoms with E-state index in [2.05, 4.69) is 26.2 Å². The van der Waals surface area contributed by atoms with Crippen LogP contribution in [0.15, 0.2) is 64.1 Å². The smallest absolute Gasteiger partial charge is 0.321 e. The molecule has 0 bridgehead atoms. The number of amidine groups is 1. The molecule has 0 saturated carbocycles. The minimum Gasteiger partial charge on any atom is -0.465 e. The molecule has 0 radical (unpaired) electrons. The molecule has 1 N–H and O–H groups in total. The Balaban J connectivity index is 2.07. The van der Waals surface area contributed by atoms with Crippen molar-refractivity contribution in [2.24, 2.45) is 10.9 Å². The molecule has 3 rings (SSSR count). The first-order chi connectivity index (χ1) is 12.1. The van der Waals surface area contributed by atoms with Crippen LogP contribution < -0.4 is 5.32 Å². The highest BCUT2D eigenvalue weighted by molar-refractivity contribution is 9.10. The number of rotatable bonds is 4. The first-order valence-corrected chi connectivity index (χ1v) is 8.75. The summed E-state index contributed by atoms with van der Waals surface area (Å²) in [6.45, 7) is 1.93. The number of carbonyl (C=O) groups is 2. The third kappa shape index (κ3) is 3.79. The minimum atomic E-state index is -1.01. The van der Waals surface area contributed by atoms with E-state index in [-0.39, 0.29) is 6.61 Å². The van der Waals surface area contributed by atoms with Gasteiger partial charge in [-0.15, -0.1) is 0 Å². The second-order valence-electron chi connectivity index (χ2n) is 5.56. The molecule has 5 nitrogen and oxygen atoms in total. The molecule has 6 heteroatoms. The summed E-state index contributed by atoms with van der Waals surface area (Å²) in [7, 11) is 0. The van der Waals surface area contributed by atoms with Crippen molar-refractivity contribution in [2.45, 2.75) is 13.0 Å². The van der Waals surface area contributed by atoms with Crippen LogP contribution >= 0.6 is 15.9 Å². The Hall–Kier alpha value is -2.47. The van der Waals surface area contributed by atoms with Crippen LogP contribution in [0.1, 0.15) is 24.1 Å². The van der Waals surface area contributed by atoms with Gasteiger partial charge in [-0.3, -0.25) is 14.6 Å². The molecular weight excluding hydrogens is 384 g/mol. The van der Waals surface area contributed by atoms with Gasteiger partial charge in [0.2, 0.25) is 5.91 Å². The van der Waals surface area contributed by atoms with E-state index in [1.807, 2.05) is 54.6 Å². The van der Waals surface area contributed by atoms with Gasteiger partial charge in [-0.25, -0.2) is 0 Å². The van der Waals surface area contributed by atoms with Crippen molar-refractivity contribution in [3.05, 3.63) is 70.2 Å². The Morgan fingerprint density at radius 3 is 2.64 bits per heavy atom. The highest BCUT2D eigenvalue weighted by atomic mass is 79.9. The van der Waals surface area contributed by atoms with Crippen molar-refractivity contribution in [2.75, 3.05) is 6.61 Å². The molecule has 0 aliphatic carbocycles. The molecule has 25 heavy (non-hydrogen) atoms.